The molecule has 3 amide bonds. The smallest absolute Gasteiger partial charge is 0.371 e. The number of nitrogens with zero attached hydrogens (tertiary/aromatic N) is 25. The van der Waals surface area contributed by atoms with Gasteiger partial charge in [-0.3, -0.25) is 38.1 Å². The van der Waals surface area contributed by atoms with E-state index in [1.807, 2.05) is 170 Å². The van der Waals surface area contributed by atoms with Gasteiger partial charge in [0.1, 0.15) is 45.2 Å². The maximum Gasteiger partial charge on any atom is 0.373 e. The van der Waals surface area contributed by atoms with Crippen LogP contribution in [0.4, 0.5) is 42.8 Å². The van der Waals surface area contributed by atoms with Crippen LogP contribution in [0.5, 0.6) is 0 Å². The molecule has 19 heterocycles. The van der Waals surface area contributed by atoms with Crippen LogP contribution in [0.3, 0.4) is 0 Å². The monoisotopic (exact) mass is 2020 g/mol. The van der Waals surface area contributed by atoms with Crippen LogP contribution in [0.25, 0.3) is 118 Å². The SMILES string of the molecule is C=C(c1cnc2c(ccn2-c2cncc(-c3noc(N)n3)c2)c1)N1CCC(F)(F)CC1.C=C(c1cnc2c(ccn2-c2cncc(-c3noc(NC)n3)c2)c1)N1CCC(F)(F)CC1.CC1(F)CCN(C(=O)c2cnc3c(c2)nnn3-c2ccccc2)CC1.CC1(F)CCN(C(=O)c2cnc3c(cnn3-c3ccccc3)c2)CC1.Cc1nc2cc(C(=O)N3CCC(C)(F)CC3)cnc2n1-c1ccccc1.O=C=O.O=C=O.O=C=O. The van der Waals surface area contributed by atoms with Crippen molar-refractivity contribution in [3.63, 3.8) is 0 Å². The van der Waals surface area contributed by atoms with E-state index in [9.17, 15) is 45.1 Å². The van der Waals surface area contributed by atoms with E-state index in [0.29, 0.717) is 157 Å². The number of likely N-dealkylation sites (tertiary alicyclic amines) is 5. The second-order valence-corrected chi connectivity index (χ2v) is 35.9. The fourth-order valence-electron chi connectivity index (χ4n) is 17.1. The lowest BCUT2D eigenvalue weighted by molar-refractivity contribution is -0.193. The first-order chi connectivity index (χ1) is 71.1. The number of piperidine rings is 5. The van der Waals surface area contributed by atoms with Crippen molar-refractivity contribution in [2.24, 2.45) is 0 Å². The lowest BCUT2D eigenvalue weighted by Crippen LogP contribution is -2.43. The maximum atomic E-state index is 14.0. The molecule has 148 heavy (non-hydrogen) atoms. The average molecular weight is 2020 g/mol. The molecule has 3 N–H and O–H groups in total. The van der Waals surface area contributed by atoms with Crippen molar-refractivity contribution in [3.8, 4) is 51.2 Å². The molecule has 760 valence electrons. The molecule has 17 aromatic rings. The van der Waals surface area contributed by atoms with E-state index in [4.69, 9.17) is 43.5 Å². The number of para-hydroxylation sites is 3. The second kappa shape index (κ2) is 45.8. The Labute approximate surface area is 839 Å². The summed E-state index contributed by atoms with van der Waals surface area (Å²) in [7, 11) is 1.70. The Balaban J connectivity index is 0.000000136. The third-order valence-electron chi connectivity index (χ3n) is 25.5. The highest BCUT2D eigenvalue weighted by Crippen LogP contribution is 2.38. The Hall–Kier alpha value is -17.9. The minimum absolute atomic E-state index is 0.0151. The number of alkyl halides is 7. The number of hydrogen-bond acceptors (Lipinski definition) is 30. The number of nitrogen functional groups attached to an aromatic ring is 1. The summed E-state index contributed by atoms with van der Waals surface area (Å²) in [6.07, 6.45) is 22.7. The molecular weight excluding hydrogens is 1920 g/mol. The molecule has 0 spiro atoms. The highest BCUT2D eigenvalue weighted by atomic mass is 19.3. The highest BCUT2D eigenvalue weighted by molar-refractivity contribution is 5.99. The number of aryl methyl sites for hydroxylation is 1. The first-order valence-corrected chi connectivity index (χ1v) is 46.7. The largest absolute Gasteiger partial charge is 0.373 e. The van der Waals surface area contributed by atoms with Crippen molar-refractivity contribution in [1.29, 1.82) is 0 Å². The quantitative estimate of drug-likeness (QED) is 0.0900. The van der Waals surface area contributed by atoms with Crippen molar-refractivity contribution in [1.82, 2.24) is 123 Å². The molecule has 22 rings (SSSR count). The zero-order valence-corrected chi connectivity index (χ0v) is 80.7. The first kappa shape index (κ1) is 104. The molecule has 0 atom stereocenters. The van der Waals surface area contributed by atoms with Gasteiger partial charge >= 0.3 is 30.5 Å². The fourth-order valence-corrected chi connectivity index (χ4v) is 17.1. The Bertz CT molecular complexity index is 7510. The Morgan fingerprint density at radius 2 is 0.764 bits per heavy atom. The number of nitrogens with one attached hydrogen (secondary N) is 1. The van der Waals surface area contributed by atoms with Gasteiger partial charge in [-0.25, -0.2) is 65.3 Å². The molecule has 0 aliphatic carbocycles. The van der Waals surface area contributed by atoms with Gasteiger partial charge in [0.05, 0.1) is 58.0 Å². The van der Waals surface area contributed by atoms with Crippen molar-refractivity contribution in [2.45, 2.75) is 121 Å². The molecule has 0 bridgehead atoms. The Morgan fingerprint density at radius 3 is 1.19 bits per heavy atom. The molecule has 3 aromatic carbocycles. The van der Waals surface area contributed by atoms with Gasteiger partial charge in [0.15, 0.2) is 16.9 Å². The van der Waals surface area contributed by atoms with Gasteiger partial charge in [0, 0.05) is 209 Å². The number of imidazole rings is 1. The molecule has 5 fully saturated rings. The zero-order chi connectivity index (χ0) is 105. The average Bonchev–Trinajstić information content (AvgIpc) is 1.63. The van der Waals surface area contributed by atoms with Gasteiger partial charge in [-0.2, -0.15) is 48.5 Å². The summed E-state index contributed by atoms with van der Waals surface area (Å²) in [6.45, 7) is 18.6. The van der Waals surface area contributed by atoms with E-state index < -0.39 is 28.9 Å². The van der Waals surface area contributed by atoms with E-state index in [0.717, 1.165) is 78.5 Å². The second-order valence-electron chi connectivity index (χ2n) is 35.9. The number of nitrogens with two attached hydrogens (primary N) is 1. The van der Waals surface area contributed by atoms with E-state index in [2.05, 4.69) is 94.0 Å². The van der Waals surface area contributed by atoms with E-state index in [-0.39, 0.29) is 94.1 Å². The van der Waals surface area contributed by atoms with Gasteiger partial charge in [0.2, 0.25) is 11.6 Å². The van der Waals surface area contributed by atoms with Crippen LogP contribution in [0.15, 0.2) is 242 Å². The topological polar surface area (TPSA) is 452 Å². The number of halogens is 7. The summed E-state index contributed by atoms with van der Waals surface area (Å²) in [6, 6.07) is 46.4. The number of aromatic nitrogens is 20. The number of benzene rings is 3. The van der Waals surface area contributed by atoms with Gasteiger partial charge in [-0.15, -0.1) is 5.10 Å². The molecule has 0 unspecified atom stereocenters. The lowest BCUT2D eigenvalue weighted by atomic mass is 9.95. The molecule has 0 saturated carbocycles. The summed E-state index contributed by atoms with van der Waals surface area (Å²) < 4.78 is 115. The number of pyridine rings is 7. The number of fused-ring (bicyclic) bond motifs is 5. The predicted molar refractivity (Wildman–Crippen MR) is 526 cm³/mol. The highest BCUT2D eigenvalue weighted by Gasteiger charge is 2.39. The minimum atomic E-state index is -2.59. The standard InChI is InChI=1S/C22H21F2N7O.C21H19F2N7O.C20H21FN4O.C19H19FN4O.C18H18FN5O.3CO2/c1-14(30-7-4-22(23,24)5-8-30)16-9-15-3-6-31(20(15)27-12-16)18-10-17(11-26-13-18)19-28-21(25-2)32-29-19;1-13(29-6-3-21(22,23)4-7-29)15-8-14-2-5-30(19(14)26-11-15)17-9-16(10-25-12-17)18-27-20(24)31-28-18;1-14-23-17-12-15(19(26)24-10-8-20(2,21)9-11-24)13-22-18(17)25(14)16-6-4-3-5-7-16;1-19(20)7-9-23(10-8-19)18(25)15-11-14-13-22-24(17(14)21-12-15)16-5-3-2-4-6-16;1-18(19)7-9-23(10-8-18)17(25)13-11-15-16(20-12-13)24(22-21-15)14-5-3-2-4-6-14;3*2-1-3/h3,6,9-13H,1,4-5,7-8H2,2H3,(H,25,28,29);2,5,8-12H,1,3-4,6-7H2,(H2,24,27,28);3-7,12-13H,8-11H2,1-2H3;2-6,11-13H,7-10H2,1H3;2-6,11-12H,7-10H2,1H3;;;. The van der Waals surface area contributed by atoms with Crippen molar-refractivity contribution in [3.05, 3.63) is 267 Å². The summed E-state index contributed by atoms with van der Waals surface area (Å²) in [5.41, 5.74) is 16.9. The van der Waals surface area contributed by atoms with Crippen LogP contribution >= 0.6 is 0 Å². The van der Waals surface area contributed by atoms with Crippen LogP contribution < -0.4 is 11.1 Å². The third kappa shape index (κ3) is 25.1. The molecule has 14 aromatic heterocycles. The van der Waals surface area contributed by atoms with Gasteiger partial charge in [-0.05, 0) is 157 Å². The number of hydrogen-bond donors (Lipinski definition) is 2. The van der Waals surface area contributed by atoms with Crippen LogP contribution in [-0.4, -0.2) is 261 Å². The maximum absolute atomic E-state index is 14.0. The fraction of sp³-hybridized carbons (Fsp3) is 0.291. The number of rotatable bonds is 15. The van der Waals surface area contributed by atoms with Gasteiger partial charge < -0.3 is 44.6 Å². The molecule has 5 saturated heterocycles. The van der Waals surface area contributed by atoms with Crippen LogP contribution in [-0.2, 0) is 28.8 Å². The molecule has 38 nitrogen and oxygen atoms in total. The normalized spacial score (nSPS) is 15.6. The zero-order valence-electron chi connectivity index (χ0n) is 80.7. The van der Waals surface area contributed by atoms with Crippen LogP contribution in [0.1, 0.15) is 133 Å². The third-order valence-corrected chi connectivity index (χ3v) is 25.5. The Kier molecular flexibility index (Phi) is 32.3. The lowest BCUT2D eigenvalue weighted by Gasteiger charge is -2.34. The number of anilines is 2. The number of carbonyl (C=O) groups is 3. The molecule has 0 radical (unpaired) electrons. The van der Waals surface area contributed by atoms with Gasteiger partial charge in [-0.1, -0.05) is 83.3 Å². The van der Waals surface area contributed by atoms with Crippen molar-refractivity contribution >= 4 is 115 Å². The summed E-state index contributed by atoms with van der Waals surface area (Å²) in [5.74, 6) is -3.94. The van der Waals surface area contributed by atoms with E-state index in [1.54, 1.807) is 126 Å². The number of amides is 3. The molecule has 5 aliphatic rings. The van der Waals surface area contributed by atoms with Crippen LogP contribution in [0.2, 0.25) is 0 Å². The summed E-state index contributed by atoms with van der Waals surface area (Å²) >= 11 is 0. The molecular formula is C103H98F7N27O11. The Morgan fingerprint density at radius 1 is 0.392 bits per heavy atom. The van der Waals surface area contributed by atoms with Gasteiger partial charge in [0.25, 0.3) is 29.6 Å². The number of carbonyl (C=O) groups excluding carboxylic acids is 9. The van der Waals surface area contributed by atoms with Crippen molar-refractivity contribution in [2.75, 3.05) is 83.5 Å². The summed E-state index contributed by atoms with van der Waals surface area (Å²) in [4.78, 5) is 140. The first-order valence-electron chi connectivity index (χ1n) is 46.7. The van der Waals surface area contributed by atoms with Crippen LogP contribution in [0, 0.1) is 6.92 Å². The summed E-state index contributed by atoms with van der Waals surface area (Å²) in [5, 5.41) is 25.8. The minimum Gasteiger partial charge on any atom is -0.371 e. The van der Waals surface area contributed by atoms with E-state index in [1.165, 1.54) is 6.20 Å². The van der Waals surface area contributed by atoms with E-state index >= 15 is 0 Å². The predicted octanol–water partition coefficient (Wildman–Crippen LogP) is 16.1. The molecule has 5 aliphatic heterocycles. The van der Waals surface area contributed by atoms with Crippen molar-refractivity contribution < 1.29 is 82.9 Å². The molecule has 45 heteroatoms.